The maximum atomic E-state index is 0. The van der Waals surface area contributed by atoms with E-state index in [1.165, 1.54) is 0 Å². The predicted molar refractivity (Wildman–Crippen MR) is 19.0 cm³/mol. The summed E-state index contributed by atoms with van der Waals surface area (Å²) >= 11 is 0. The first kappa shape index (κ1) is 57.5. The zero-order valence-corrected chi connectivity index (χ0v) is 4.95. The van der Waals surface area contributed by atoms with Crippen molar-refractivity contribution in [2.24, 2.45) is 0 Å². The van der Waals surface area contributed by atoms with Crippen molar-refractivity contribution in [2.45, 2.75) is 7.43 Å². The summed E-state index contributed by atoms with van der Waals surface area (Å²) in [4.78, 5) is 0. The minimum atomic E-state index is 0. The fourth-order valence-corrected chi connectivity index (χ4v) is 0. The van der Waals surface area contributed by atoms with Gasteiger partial charge in [0.2, 0.25) is 0 Å². The van der Waals surface area contributed by atoms with Crippen molar-refractivity contribution in [1.29, 1.82) is 0 Å². The molecule has 0 spiro atoms. The van der Waals surface area contributed by atoms with E-state index in [9.17, 15) is 0 Å². The van der Waals surface area contributed by atoms with Crippen molar-refractivity contribution in [2.75, 3.05) is 0 Å². The van der Waals surface area contributed by atoms with E-state index >= 15 is 0 Å². The fourth-order valence-electron chi connectivity index (χ4n) is 0. The Morgan fingerprint density at radius 1 is 1.00 bits per heavy atom. The molecule has 1 nitrogen and oxygen atoms in total. The monoisotopic (exact) mass is 90.0 g/mol. The topological polar surface area (TPSA) is 30.0 Å². The van der Waals surface area contributed by atoms with Gasteiger partial charge in [0, 0.05) is 0 Å². The summed E-state index contributed by atoms with van der Waals surface area (Å²) < 4.78 is 0. The maximum Gasteiger partial charge on any atom is 1.00 e. The molecule has 0 saturated carbocycles. The van der Waals surface area contributed by atoms with Crippen LogP contribution in [0.4, 0.5) is 0 Å². The molecule has 1 N–H and O–H groups in total. The second kappa shape index (κ2) is 27.5. The summed E-state index contributed by atoms with van der Waals surface area (Å²) in [6.07, 6.45) is 0. The molecule has 24 valence electrons. The Kier molecular flexibility index (Phi) is 395. The summed E-state index contributed by atoms with van der Waals surface area (Å²) in [5.41, 5.74) is 0. The van der Waals surface area contributed by atoms with Gasteiger partial charge in [0.15, 0.2) is 0 Å². The van der Waals surface area contributed by atoms with Crippen LogP contribution in [0.1, 0.15) is 7.43 Å². The first-order valence-corrected chi connectivity index (χ1v) is 0. The fraction of sp³-hybridized carbons (Fsp3) is 1.00. The molecule has 0 heterocycles. The molecule has 0 aromatic rings. The standard InChI is InChI=1S/CH4.Na.H2O.H2S/h1H4;;2*1H2/q;+1;;/p-1. The van der Waals surface area contributed by atoms with Crippen molar-refractivity contribution in [1.82, 2.24) is 0 Å². The van der Waals surface area contributed by atoms with Gasteiger partial charge in [-0.05, 0) is 0 Å². The van der Waals surface area contributed by atoms with Gasteiger partial charge in [0.05, 0.1) is 0 Å². The van der Waals surface area contributed by atoms with Crippen LogP contribution in [0.25, 0.3) is 0 Å². The van der Waals surface area contributed by atoms with E-state index in [1.807, 2.05) is 0 Å². The quantitative estimate of drug-likeness (QED) is 0.304. The Hall–Kier alpha value is 1.31. The second-order valence-corrected chi connectivity index (χ2v) is 0. The number of rotatable bonds is 0. The van der Waals surface area contributed by atoms with E-state index in [0.717, 1.165) is 0 Å². The smallest absolute Gasteiger partial charge is 0.870 e. The van der Waals surface area contributed by atoms with Gasteiger partial charge < -0.3 is 5.48 Å². The van der Waals surface area contributed by atoms with Crippen LogP contribution < -0.4 is 29.6 Å². The Morgan fingerprint density at radius 3 is 1.00 bits per heavy atom. The molecule has 0 aromatic carbocycles. The van der Waals surface area contributed by atoms with Crippen molar-refractivity contribution in [3.05, 3.63) is 0 Å². The van der Waals surface area contributed by atoms with Crippen molar-refractivity contribution >= 4 is 13.5 Å². The van der Waals surface area contributed by atoms with Crippen LogP contribution in [0.5, 0.6) is 0 Å². The molecule has 0 atom stereocenters. The minimum absolute atomic E-state index is 0. The van der Waals surface area contributed by atoms with E-state index in [2.05, 4.69) is 0 Å². The summed E-state index contributed by atoms with van der Waals surface area (Å²) in [6.45, 7) is 0. The Labute approximate surface area is 55.8 Å². The third-order valence-electron chi connectivity index (χ3n) is 0. The average Bonchev–Trinajstić information content (AvgIpc) is 0. The summed E-state index contributed by atoms with van der Waals surface area (Å²) in [7, 11) is 0. The Balaban J connectivity index is 0. The number of hydrogen-bond acceptors (Lipinski definition) is 1. The molecule has 4 heavy (non-hydrogen) atoms. The van der Waals surface area contributed by atoms with E-state index < -0.39 is 0 Å². The van der Waals surface area contributed by atoms with Gasteiger partial charge in [0.1, 0.15) is 0 Å². The van der Waals surface area contributed by atoms with Gasteiger partial charge in [-0.15, -0.1) is 0 Å². The molecule has 3 heteroatoms. The minimum Gasteiger partial charge on any atom is -0.870 e. The van der Waals surface area contributed by atoms with Gasteiger partial charge in [0.25, 0.3) is 0 Å². The molecule has 0 fully saturated rings. The van der Waals surface area contributed by atoms with E-state index in [1.54, 1.807) is 0 Å². The molecular weight excluding hydrogens is 83.1 g/mol. The molecule has 0 aliphatic rings. The van der Waals surface area contributed by atoms with Crippen LogP contribution >= 0.6 is 13.5 Å². The van der Waals surface area contributed by atoms with E-state index in [0.29, 0.717) is 0 Å². The third-order valence-corrected chi connectivity index (χ3v) is 0. The van der Waals surface area contributed by atoms with Crippen LogP contribution in [-0.4, -0.2) is 5.48 Å². The largest absolute Gasteiger partial charge is 1.00 e. The molecule has 0 radical (unpaired) electrons. The van der Waals surface area contributed by atoms with Crippen LogP contribution in [0.3, 0.4) is 0 Å². The maximum absolute atomic E-state index is 0. The molecule has 0 aliphatic heterocycles. The van der Waals surface area contributed by atoms with Crippen LogP contribution in [0.15, 0.2) is 0 Å². The van der Waals surface area contributed by atoms with E-state index in [-0.39, 0.29) is 56.0 Å². The van der Waals surface area contributed by atoms with Crippen LogP contribution in [-0.2, 0) is 0 Å². The van der Waals surface area contributed by atoms with Crippen molar-refractivity contribution < 1.29 is 35.0 Å². The van der Waals surface area contributed by atoms with Crippen molar-refractivity contribution in [3.8, 4) is 0 Å². The molecule has 0 unspecified atom stereocenters. The summed E-state index contributed by atoms with van der Waals surface area (Å²) in [5.74, 6) is 0. The molecule has 0 aromatic heterocycles. The first-order chi connectivity index (χ1) is 0. The third kappa shape index (κ3) is 10.3. The van der Waals surface area contributed by atoms with Crippen LogP contribution in [0, 0.1) is 0 Å². The zero-order valence-electron chi connectivity index (χ0n) is 1.95. The summed E-state index contributed by atoms with van der Waals surface area (Å²) in [5, 5.41) is 0. The molecule has 0 bridgehead atoms. The molecule has 0 aliphatic carbocycles. The zero-order chi connectivity index (χ0) is 0. The molecular formula is CH7NaOS. The van der Waals surface area contributed by atoms with E-state index in [4.69, 9.17) is 0 Å². The SMILES string of the molecule is C.S.[Na+].[OH-]. The normalized spacial score (nSPS) is 0. The first-order valence-electron chi connectivity index (χ1n) is 0. The van der Waals surface area contributed by atoms with Crippen LogP contribution in [0.2, 0.25) is 0 Å². The molecule has 0 amide bonds. The number of hydrogen-bond donors (Lipinski definition) is 0. The Bertz CT molecular complexity index is 8.00. The Morgan fingerprint density at radius 2 is 1.00 bits per heavy atom. The van der Waals surface area contributed by atoms with Crippen molar-refractivity contribution in [3.63, 3.8) is 0 Å². The van der Waals surface area contributed by atoms with Gasteiger partial charge in [-0.3, -0.25) is 0 Å². The average molecular weight is 90.1 g/mol. The van der Waals surface area contributed by atoms with Gasteiger partial charge >= 0.3 is 29.6 Å². The summed E-state index contributed by atoms with van der Waals surface area (Å²) in [6, 6.07) is 0. The van der Waals surface area contributed by atoms with Gasteiger partial charge in [-0.1, -0.05) is 7.43 Å². The van der Waals surface area contributed by atoms with Gasteiger partial charge in [-0.2, -0.15) is 13.5 Å². The van der Waals surface area contributed by atoms with Gasteiger partial charge in [-0.25, -0.2) is 0 Å². The predicted octanol–water partition coefficient (Wildman–Crippen LogP) is -2.42. The molecule has 0 saturated heterocycles. The second-order valence-electron chi connectivity index (χ2n) is 0. The molecule has 0 rings (SSSR count).